The Bertz CT molecular complexity index is 1070. The van der Waals surface area contributed by atoms with Gasteiger partial charge >= 0.3 is 23.9 Å². The number of fused-ring (bicyclic) bond motifs is 2. The molecule has 6 aliphatic carbocycles. The summed E-state index contributed by atoms with van der Waals surface area (Å²) in [7, 11) is 0. The lowest BCUT2D eigenvalue weighted by Gasteiger charge is -2.59. The summed E-state index contributed by atoms with van der Waals surface area (Å²) in [6.07, 6.45) is 11.7. The molecule has 2 saturated heterocycles. The summed E-state index contributed by atoms with van der Waals surface area (Å²) >= 11 is 0. The van der Waals surface area contributed by atoms with Gasteiger partial charge in [0.1, 0.15) is 11.7 Å². The van der Waals surface area contributed by atoms with E-state index >= 15 is 0 Å². The van der Waals surface area contributed by atoms with Crippen LogP contribution in [0.2, 0.25) is 0 Å². The summed E-state index contributed by atoms with van der Waals surface area (Å²) in [5.74, 6) is 2.04. The number of ether oxygens (including phenoxy) is 3. The molecule has 0 aromatic heterocycles. The van der Waals surface area contributed by atoms with E-state index in [-0.39, 0.29) is 29.6 Å². The number of cyclic esters (lactones) is 3. The van der Waals surface area contributed by atoms with Gasteiger partial charge in [0, 0.05) is 12.8 Å². The molecule has 8 rings (SSSR count). The first-order valence-corrected chi connectivity index (χ1v) is 16.2. The van der Waals surface area contributed by atoms with Crippen LogP contribution < -0.4 is 0 Å². The van der Waals surface area contributed by atoms with Gasteiger partial charge in [-0.25, -0.2) is 0 Å². The third kappa shape index (κ3) is 4.26. The van der Waals surface area contributed by atoms with Gasteiger partial charge in [0.2, 0.25) is 0 Å². The fourth-order valence-electron chi connectivity index (χ4n) is 11.2. The fourth-order valence-corrected chi connectivity index (χ4v) is 11.2. The Kier molecular flexibility index (Phi) is 6.44. The van der Waals surface area contributed by atoms with E-state index in [9.17, 15) is 19.2 Å². The largest absolute Gasteiger partial charge is 0.462 e. The van der Waals surface area contributed by atoms with Gasteiger partial charge in [-0.05, 0) is 132 Å². The highest BCUT2D eigenvalue weighted by Gasteiger charge is 2.60. The lowest BCUT2D eigenvalue weighted by Crippen LogP contribution is -2.57. The summed E-state index contributed by atoms with van der Waals surface area (Å²) in [6, 6.07) is 0. The van der Waals surface area contributed by atoms with Gasteiger partial charge in [-0.1, -0.05) is 6.92 Å². The summed E-state index contributed by atoms with van der Waals surface area (Å²) in [6.45, 7) is 6.26. The van der Waals surface area contributed by atoms with E-state index in [0.717, 1.165) is 24.7 Å². The Morgan fingerprint density at radius 3 is 2.25 bits per heavy atom. The molecule has 2 heterocycles. The summed E-state index contributed by atoms with van der Waals surface area (Å²) in [5.41, 5.74) is -1.14. The topological polar surface area (TPSA) is 96.0 Å². The van der Waals surface area contributed by atoms with Gasteiger partial charge in [0.25, 0.3) is 0 Å². The van der Waals surface area contributed by atoms with Crippen molar-refractivity contribution >= 4 is 23.9 Å². The Morgan fingerprint density at radius 1 is 0.925 bits per heavy atom. The van der Waals surface area contributed by atoms with E-state index < -0.39 is 29.2 Å². The summed E-state index contributed by atoms with van der Waals surface area (Å²) < 4.78 is 17.2. The molecule has 0 spiro atoms. The maximum absolute atomic E-state index is 13.1. The third-order valence-electron chi connectivity index (χ3n) is 13.1. The molecule has 7 heteroatoms. The van der Waals surface area contributed by atoms with Crippen LogP contribution in [0.15, 0.2) is 0 Å². The molecule has 8 unspecified atom stereocenters. The molecular weight excluding hydrogens is 508 g/mol. The smallest absolute Gasteiger partial charge is 0.317 e. The Labute approximate surface area is 237 Å². The molecule has 2 aliphatic heterocycles. The first-order chi connectivity index (χ1) is 19.0. The fraction of sp³-hybridized carbons (Fsp3) is 0.879. The highest BCUT2D eigenvalue weighted by atomic mass is 16.6. The number of carbonyl (C=O) groups excluding carboxylic acids is 4. The Hall–Kier alpha value is -1.92. The van der Waals surface area contributed by atoms with Crippen molar-refractivity contribution in [2.75, 3.05) is 0 Å². The lowest BCUT2D eigenvalue weighted by atomic mass is 9.50. The second-order valence-corrected chi connectivity index (χ2v) is 15.5. The number of rotatable bonds is 8. The van der Waals surface area contributed by atoms with Gasteiger partial charge in [-0.15, -0.1) is 0 Å². The highest BCUT2D eigenvalue weighted by molar-refractivity contribution is 5.97. The number of carbonyl (C=O) groups is 4. The maximum Gasteiger partial charge on any atom is 0.317 e. The number of esters is 4. The van der Waals surface area contributed by atoms with Crippen molar-refractivity contribution in [2.45, 2.75) is 116 Å². The normalized spacial score (nSPS) is 50.5. The minimum atomic E-state index is -0.827. The quantitative estimate of drug-likeness (QED) is 0.218. The van der Waals surface area contributed by atoms with Crippen molar-refractivity contribution in [3.8, 4) is 0 Å². The Balaban J connectivity index is 0.934. The van der Waals surface area contributed by atoms with Crippen LogP contribution in [-0.2, 0) is 33.4 Å². The van der Waals surface area contributed by atoms with Crippen LogP contribution in [0.3, 0.4) is 0 Å². The molecule has 0 aromatic rings. The van der Waals surface area contributed by atoms with Gasteiger partial charge in [-0.2, -0.15) is 0 Å². The molecule has 0 N–H and O–H groups in total. The zero-order valence-corrected chi connectivity index (χ0v) is 24.4. The molecule has 8 atom stereocenters. The van der Waals surface area contributed by atoms with Crippen LogP contribution in [0, 0.1) is 64.6 Å². The molecule has 40 heavy (non-hydrogen) atoms. The van der Waals surface area contributed by atoms with Crippen molar-refractivity contribution in [3.05, 3.63) is 0 Å². The second kappa shape index (κ2) is 9.55. The third-order valence-corrected chi connectivity index (χ3v) is 13.1. The van der Waals surface area contributed by atoms with E-state index in [1.807, 2.05) is 6.92 Å². The van der Waals surface area contributed by atoms with E-state index in [1.54, 1.807) is 0 Å². The minimum Gasteiger partial charge on any atom is -0.462 e. The van der Waals surface area contributed by atoms with Crippen LogP contribution in [0.4, 0.5) is 0 Å². The van der Waals surface area contributed by atoms with E-state index in [2.05, 4.69) is 13.8 Å². The zero-order valence-electron chi connectivity index (χ0n) is 24.4. The molecule has 220 valence electrons. The Morgan fingerprint density at radius 2 is 1.60 bits per heavy atom. The van der Waals surface area contributed by atoms with Crippen LogP contribution in [0.1, 0.15) is 104 Å². The predicted molar refractivity (Wildman–Crippen MR) is 144 cm³/mol. The molecule has 6 saturated carbocycles. The molecule has 6 bridgehead atoms. The van der Waals surface area contributed by atoms with Crippen LogP contribution >= 0.6 is 0 Å². The molecule has 0 radical (unpaired) electrons. The second-order valence-electron chi connectivity index (χ2n) is 15.5. The number of hydrogen-bond acceptors (Lipinski definition) is 7. The minimum absolute atomic E-state index is 0.128. The highest BCUT2D eigenvalue weighted by Crippen LogP contribution is 2.60. The van der Waals surface area contributed by atoms with Crippen molar-refractivity contribution < 1.29 is 33.4 Å². The molecule has 8 aliphatic rings. The van der Waals surface area contributed by atoms with E-state index in [1.165, 1.54) is 38.5 Å². The molecule has 7 nitrogen and oxygen atoms in total. The monoisotopic (exact) mass is 554 g/mol. The van der Waals surface area contributed by atoms with Crippen molar-refractivity contribution in [2.24, 2.45) is 64.6 Å². The first kappa shape index (κ1) is 26.9. The van der Waals surface area contributed by atoms with E-state index in [0.29, 0.717) is 61.7 Å². The van der Waals surface area contributed by atoms with Crippen molar-refractivity contribution in [3.63, 3.8) is 0 Å². The molecule has 0 aromatic carbocycles. The lowest BCUT2D eigenvalue weighted by molar-refractivity contribution is -0.203. The van der Waals surface area contributed by atoms with Crippen LogP contribution in [-0.4, -0.2) is 35.6 Å². The van der Waals surface area contributed by atoms with Gasteiger partial charge in [0.15, 0.2) is 0 Å². The van der Waals surface area contributed by atoms with Gasteiger partial charge in [-0.3, -0.25) is 19.2 Å². The molecule has 0 amide bonds. The molecular formula is C33H46O7. The molecule has 8 fully saturated rings. The van der Waals surface area contributed by atoms with Gasteiger partial charge < -0.3 is 14.2 Å². The predicted octanol–water partition coefficient (Wildman–Crippen LogP) is 5.62. The average molecular weight is 555 g/mol. The average Bonchev–Trinajstić information content (AvgIpc) is 3.61. The summed E-state index contributed by atoms with van der Waals surface area (Å²) in [5, 5.41) is 0. The van der Waals surface area contributed by atoms with Crippen molar-refractivity contribution in [1.82, 2.24) is 0 Å². The SMILES string of the molecule is CC1C2CCC(C2)C1C1C(=O)OC(=O)C1CC1(C)CC(CCCC(=O)OC2(C)C3CC4CC(C3)CC2C4)OC1=O. The number of hydrogen-bond donors (Lipinski definition) is 0. The van der Waals surface area contributed by atoms with Gasteiger partial charge in [0.05, 0.1) is 17.3 Å². The van der Waals surface area contributed by atoms with Crippen LogP contribution in [0.25, 0.3) is 0 Å². The summed E-state index contributed by atoms with van der Waals surface area (Å²) in [4.78, 5) is 51.8. The zero-order chi connectivity index (χ0) is 28.0. The standard InChI is InChI=1S/C33H46O7/c1-17-20-7-8-21(14-20)27(17)28-25(29(35)39-30(28)36)16-32(2)15-24(38-31(32)37)5-4-6-26(34)40-33(3)22-10-18-9-19(12-22)13-23(33)11-18/h17-25,27-28H,4-16H2,1-3H3. The van der Waals surface area contributed by atoms with E-state index in [4.69, 9.17) is 14.2 Å². The van der Waals surface area contributed by atoms with Crippen LogP contribution in [0.5, 0.6) is 0 Å². The first-order valence-electron chi connectivity index (χ1n) is 16.2. The maximum atomic E-state index is 13.1. The van der Waals surface area contributed by atoms with Crippen molar-refractivity contribution in [1.29, 1.82) is 0 Å².